The van der Waals surface area contributed by atoms with E-state index in [0.717, 1.165) is 11.8 Å². The van der Waals surface area contributed by atoms with E-state index in [0.29, 0.717) is 24.5 Å². The smallest absolute Gasteiger partial charge is 0.243 e. The number of carbonyl (C=O) groups is 2. The van der Waals surface area contributed by atoms with Gasteiger partial charge in [0.15, 0.2) is 0 Å². The Morgan fingerprint density at radius 2 is 1.60 bits per heavy atom. The molecule has 232 valence electrons. The third-order valence-electron chi connectivity index (χ3n) is 7.16. The molecule has 0 bridgehead atoms. The van der Waals surface area contributed by atoms with Crippen LogP contribution in [0.2, 0.25) is 0 Å². The number of halogens is 1. The van der Waals surface area contributed by atoms with Crippen molar-refractivity contribution in [1.82, 2.24) is 10.2 Å². The third kappa shape index (κ3) is 9.81. The quantitative estimate of drug-likeness (QED) is 0.236. The summed E-state index contributed by atoms with van der Waals surface area (Å²) in [7, 11) is -3.70. The largest absolute Gasteiger partial charge is 0.492 e. The summed E-state index contributed by atoms with van der Waals surface area (Å²) in [5.41, 5.74) is 1.53. The number of amides is 2. The highest BCUT2D eigenvalue weighted by molar-refractivity contribution is 7.92. The van der Waals surface area contributed by atoms with E-state index < -0.39 is 21.9 Å². The number of carbonyl (C=O) groups excluding carboxylic acids is 2. The molecule has 43 heavy (non-hydrogen) atoms. The molecule has 3 aromatic rings. The first-order valence-corrected chi connectivity index (χ1v) is 16.5. The van der Waals surface area contributed by atoms with Crippen molar-refractivity contribution in [3.63, 3.8) is 0 Å². The maximum absolute atomic E-state index is 14.8. The van der Waals surface area contributed by atoms with Crippen LogP contribution in [0.1, 0.15) is 51.2 Å². The second-order valence-electron chi connectivity index (χ2n) is 10.5. The molecule has 0 fully saturated rings. The van der Waals surface area contributed by atoms with Crippen LogP contribution < -0.4 is 14.4 Å². The Morgan fingerprint density at radius 3 is 2.26 bits per heavy atom. The van der Waals surface area contributed by atoms with Gasteiger partial charge in [-0.2, -0.15) is 0 Å². The van der Waals surface area contributed by atoms with Crippen molar-refractivity contribution in [2.75, 3.05) is 23.7 Å². The zero-order valence-electron chi connectivity index (χ0n) is 25.3. The number of benzene rings is 3. The number of hydrogen-bond donors (Lipinski definition) is 1. The molecule has 8 nitrogen and oxygen atoms in total. The summed E-state index contributed by atoms with van der Waals surface area (Å²) in [5.74, 6) is -0.759. The monoisotopic (exact) mass is 611 g/mol. The van der Waals surface area contributed by atoms with Gasteiger partial charge in [0.2, 0.25) is 21.8 Å². The van der Waals surface area contributed by atoms with Crippen molar-refractivity contribution in [2.24, 2.45) is 0 Å². The standard InChI is InChI=1S/C33H42FN3O5S/c1-5-25(3)35-33(39)30(23-26-15-8-7-9-16-26)36(24-27-17-10-11-18-28(27)34)32(38)21-14-22-37(43(4,40)41)29-19-12-13-20-31(29)42-6-2/h7-13,15-20,25,30H,5-6,14,21-24H2,1-4H3,(H,35,39)/t25-,30+/m0/s1. The van der Waals surface area contributed by atoms with Crippen LogP contribution in [0.15, 0.2) is 78.9 Å². The first kappa shape index (κ1) is 33.6. The minimum Gasteiger partial charge on any atom is -0.492 e. The number of nitrogens with one attached hydrogen (secondary N) is 1. The molecule has 0 spiro atoms. The lowest BCUT2D eigenvalue weighted by molar-refractivity contribution is -0.141. The van der Waals surface area contributed by atoms with Gasteiger partial charge < -0.3 is 15.0 Å². The molecule has 10 heteroatoms. The Kier molecular flexibility index (Phi) is 12.5. The van der Waals surface area contributed by atoms with Crippen molar-refractivity contribution in [3.05, 3.63) is 95.8 Å². The molecule has 2 amide bonds. The highest BCUT2D eigenvalue weighted by Gasteiger charge is 2.31. The Hall–Kier alpha value is -3.92. The Morgan fingerprint density at radius 1 is 0.953 bits per heavy atom. The van der Waals surface area contributed by atoms with Crippen molar-refractivity contribution in [2.45, 2.75) is 65.1 Å². The van der Waals surface area contributed by atoms with E-state index in [9.17, 15) is 22.4 Å². The molecule has 3 aromatic carbocycles. The predicted octanol–water partition coefficient (Wildman–Crippen LogP) is 5.33. The van der Waals surface area contributed by atoms with Gasteiger partial charge in [0, 0.05) is 37.5 Å². The van der Waals surface area contributed by atoms with E-state index in [-0.39, 0.29) is 55.8 Å². The van der Waals surface area contributed by atoms with Crippen LogP contribution >= 0.6 is 0 Å². The van der Waals surface area contributed by atoms with Gasteiger partial charge in [-0.3, -0.25) is 13.9 Å². The number of para-hydroxylation sites is 2. The summed E-state index contributed by atoms with van der Waals surface area (Å²) >= 11 is 0. The van der Waals surface area contributed by atoms with Crippen LogP contribution in [0.5, 0.6) is 5.75 Å². The van der Waals surface area contributed by atoms with Gasteiger partial charge in [0.1, 0.15) is 17.6 Å². The SMILES string of the molecule is CCOc1ccccc1N(CCCC(=O)N(Cc1ccccc1F)[C@H](Cc1ccccc1)C(=O)N[C@@H](C)CC)S(C)(=O)=O. The minimum atomic E-state index is -3.70. The van der Waals surface area contributed by atoms with Crippen molar-refractivity contribution >= 4 is 27.5 Å². The highest BCUT2D eigenvalue weighted by Crippen LogP contribution is 2.30. The number of hydrogen-bond acceptors (Lipinski definition) is 5. The molecule has 0 aliphatic heterocycles. The summed E-state index contributed by atoms with van der Waals surface area (Å²) in [4.78, 5) is 29.0. The lowest BCUT2D eigenvalue weighted by Crippen LogP contribution is -2.52. The lowest BCUT2D eigenvalue weighted by Gasteiger charge is -2.33. The molecule has 0 unspecified atom stereocenters. The molecule has 0 aliphatic carbocycles. The van der Waals surface area contributed by atoms with E-state index in [1.54, 1.807) is 42.5 Å². The second-order valence-corrected chi connectivity index (χ2v) is 12.4. The molecular weight excluding hydrogens is 569 g/mol. The van der Waals surface area contributed by atoms with E-state index in [1.807, 2.05) is 51.1 Å². The molecule has 0 saturated carbocycles. The maximum atomic E-state index is 14.8. The zero-order chi connectivity index (χ0) is 31.4. The molecule has 0 radical (unpaired) electrons. The summed E-state index contributed by atoms with van der Waals surface area (Å²) in [6.07, 6.45) is 2.16. The minimum absolute atomic E-state index is 0.0185. The van der Waals surface area contributed by atoms with Crippen molar-refractivity contribution in [3.8, 4) is 5.75 Å². The first-order chi connectivity index (χ1) is 20.5. The fourth-order valence-electron chi connectivity index (χ4n) is 4.73. The summed E-state index contributed by atoms with van der Waals surface area (Å²) in [5, 5.41) is 2.99. The Labute approximate surface area is 254 Å². The second kappa shape index (κ2) is 16.1. The third-order valence-corrected chi connectivity index (χ3v) is 8.34. The van der Waals surface area contributed by atoms with Crippen LogP contribution in [0.4, 0.5) is 10.1 Å². The number of rotatable bonds is 16. The zero-order valence-corrected chi connectivity index (χ0v) is 26.1. The summed E-state index contributed by atoms with van der Waals surface area (Å²) in [6, 6.07) is 21.4. The van der Waals surface area contributed by atoms with Gasteiger partial charge in [-0.15, -0.1) is 0 Å². The topological polar surface area (TPSA) is 96.0 Å². The average molecular weight is 612 g/mol. The van der Waals surface area contributed by atoms with Crippen LogP contribution in [0.25, 0.3) is 0 Å². The van der Waals surface area contributed by atoms with Crippen LogP contribution in [-0.2, 0) is 32.6 Å². The maximum Gasteiger partial charge on any atom is 0.243 e. The van der Waals surface area contributed by atoms with E-state index in [4.69, 9.17) is 4.74 Å². The van der Waals surface area contributed by atoms with Gasteiger partial charge in [-0.05, 0) is 50.5 Å². The lowest BCUT2D eigenvalue weighted by atomic mass is 10.0. The van der Waals surface area contributed by atoms with Crippen LogP contribution in [-0.4, -0.2) is 56.6 Å². The Balaban J connectivity index is 1.91. The number of ether oxygens (including phenoxy) is 1. The molecule has 0 aliphatic rings. The number of anilines is 1. The molecule has 3 rings (SSSR count). The van der Waals surface area contributed by atoms with Gasteiger partial charge in [-0.1, -0.05) is 67.6 Å². The molecule has 1 N–H and O–H groups in total. The molecule has 2 atom stereocenters. The van der Waals surface area contributed by atoms with E-state index in [1.165, 1.54) is 15.3 Å². The Bertz CT molecular complexity index is 1450. The fourth-order valence-corrected chi connectivity index (χ4v) is 5.70. The molecule has 0 saturated heterocycles. The predicted molar refractivity (Wildman–Crippen MR) is 168 cm³/mol. The van der Waals surface area contributed by atoms with E-state index >= 15 is 0 Å². The van der Waals surface area contributed by atoms with Crippen LogP contribution in [0.3, 0.4) is 0 Å². The average Bonchev–Trinajstić information content (AvgIpc) is 2.98. The fraction of sp³-hybridized carbons (Fsp3) is 0.394. The first-order valence-electron chi connectivity index (χ1n) is 14.6. The molecular formula is C33H42FN3O5S. The number of nitrogens with zero attached hydrogens (tertiary/aromatic N) is 2. The molecule has 0 aromatic heterocycles. The summed E-state index contributed by atoms with van der Waals surface area (Å²) in [6.45, 7) is 5.93. The van der Waals surface area contributed by atoms with E-state index in [2.05, 4.69) is 5.32 Å². The van der Waals surface area contributed by atoms with Crippen LogP contribution in [0, 0.1) is 5.82 Å². The van der Waals surface area contributed by atoms with Gasteiger partial charge >= 0.3 is 0 Å². The molecule has 0 heterocycles. The van der Waals surface area contributed by atoms with Gasteiger partial charge in [-0.25, -0.2) is 12.8 Å². The normalized spacial score (nSPS) is 12.7. The summed E-state index contributed by atoms with van der Waals surface area (Å²) < 4.78 is 47.3. The van der Waals surface area contributed by atoms with Crippen molar-refractivity contribution < 1.29 is 27.1 Å². The van der Waals surface area contributed by atoms with Gasteiger partial charge in [0.05, 0.1) is 18.6 Å². The van der Waals surface area contributed by atoms with Gasteiger partial charge in [0.25, 0.3) is 0 Å². The number of sulfonamides is 1. The highest BCUT2D eigenvalue weighted by atomic mass is 32.2. The van der Waals surface area contributed by atoms with Crippen molar-refractivity contribution in [1.29, 1.82) is 0 Å².